The third kappa shape index (κ3) is 3.42. The molecule has 23 heavy (non-hydrogen) atoms. The van der Waals surface area contributed by atoms with Crippen LogP contribution in [-0.4, -0.2) is 11.5 Å². The van der Waals surface area contributed by atoms with Crippen molar-refractivity contribution in [2.45, 2.75) is 26.8 Å². The van der Waals surface area contributed by atoms with Crippen molar-refractivity contribution in [3.05, 3.63) is 70.0 Å². The number of nitrogens with zero attached hydrogens (tertiary/aromatic N) is 2. The summed E-state index contributed by atoms with van der Waals surface area (Å²) in [6.07, 6.45) is 1.02. The van der Waals surface area contributed by atoms with Crippen molar-refractivity contribution in [3.8, 4) is 0 Å². The van der Waals surface area contributed by atoms with Gasteiger partial charge in [0.2, 0.25) is 0 Å². The third-order valence-electron chi connectivity index (χ3n) is 3.90. The number of hydrogen-bond donors (Lipinski definition) is 0. The number of aryl methyl sites for hydroxylation is 1. The second kappa shape index (κ2) is 6.92. The zero-order valence-corrected chi connectivity index (χ0v) is 14.3. The summed E-state index contributed by atoms with van der Waals surface area (Å²) < 4.78 is 0.994. The van der Waals surface area contributed by atoms with Crippen LogP contribution in [0.15, 0.2) is 53.3 Å². The van der Waals surface area contributed by atoms with E-state index in [1.807, 2.05) is 24.3 Å². The number of hydrogen-bond acceptors (Lipinski definition) is 4. The average molecular weight is 324 g/mol. The summed E-state index contributed by atoms with van der Waals surface area (Å²) in [5.74, 6) is 0. The van der Waals surface area contributed by atoms with E-state index in [9.17, 15) is 4.79 Å². The Balaban J connectivity index is 2.01. The van der Waals surface area contributed by atoms with Crippen molar-refractivity contribution in [3.63, 3.8) is 0 Å². The van der Waals surface area contributed by atoms with Crippen LogP contribution in [0.4, 0.5) is 5.13 Å². The summed E-state index contributed by atoms with van der Waals surface area (Å²) in [6.45, 7) is 5.93. The maximum absolute atomic E-state index is 12.3. The van der Waals surface area contributed by atoms with Crippen LogP contribution >= 0.6 is 11.3 Å². The topological polar surface area (TPSA) is 33.2 Å². The Morgan fingerprint density at radius 3 is 2.61 bits per heavy atom. The lowest BCUT2D eigenvalue weighted by Crippen LogP contribution is -2.26. The molecule has 0 atom stereocenters. The summed E-state index contributed by atoms with van der Waals surface area (Å²) in [5, 5.41) is 1.51. The smallest absolute Gasteiger partial charge is 0.281 e. The van der Waals surface area contributed by atoms with E-state index in [1.165, 1.54) is 11.1 Å². The first-order valence-corrected chi connectivity index (χ1v) is 8.70. The molecular weight excluding hydrogens is 304 g/mol. The van der Waals surface area contributed by atoms with E-state index < -0.39 is 0 Å². The summed E-state index contributed by atoms with van der Waals surface area (Å²) in [6, 6.07) is 16.1. The Morgan fingerprint density at radius 2 is 1.83 bits per heavy atom. The lowest BCUT2D eigenvalue weighted by atomic mass is 10.1. The zero-order chi connectivity index (χ0) is 16.2. The van der Waals surface area contributed by atoms with Crippen LogP contribution in [0.5, 0.6) is 0 Å². The molecule has 0 aliphatic rings. The predicted octanol–water partition coefficient (Wildman–Crippen LogP) is 4.38. The second-order valence-corrected chi connectivity index (χ2v) is 6.65. The summed E-state index contributed by atoms with van der Waals surface area (Å²) in [5.41, 5.74) is 2.40. The van der Waals surface area contributed by atoms with Crippen molar-refractivity contribution in [2.24, 2.45) is 0 Å². The fourth-order valence-corrected chi connectivity index (χ4v) is 3.66. The van der Waals surface area contributed by atoms with Crippen molar-refractivity contribution in [1.29, 1.82) is 0 Å². The van der Waals surface area contributed by atoms with Gasteiger partial charge in [-0.05, 0) is 36.6 Å². The molecule has 0 bridgehead atoms. The average Bonchev–Trinajstić information content (AvgIpc) is 2.56. The van der Waals surface area contributed by atoms with Gasteiger partial charge in [0.15, 0.2) is 5.13 Å². The molecule has 118 valence electrons. The Bertz CT molecular complexity index is 872. The SMILES string of the molecule is CCCN(Cc1ccccc1C)c1nc(=O)c2ccccc2s1. The third-order valence-corrected chi connectivity index (χ3v) is 5.01. The highest BCUT2D eigenvalue weighted by Gasteiger charge is 2.13. The quantitative estimate of drug-likeness (QED) is 0.698. The Morgan fingerprint density at radius 1 is 1.09 bits per heavy atom. The number of benzene rings is 2. The molecule has 0 spiro atoms. The first-order valence-electron chi connectivity index (χ1n) is 7.88. The van der Waals surface area contributed by atoms with Gasteiger partial charge in [0.25, 0.3) is 5.56 Å². The molecule has 3 nitrogen and oxygen atoms in total. The highest BCUT2D eigenvalue weighted by molar-refractivity contribution is 7.21. The van der Waals surface area contributed by atoms with Gasteiger partial charge in [0.1, 0.15) is 0 Å². The molecule has 1 aromatic heterocycles. The first-order chi connectivity index (χ1) is 11.2. The molecule has 1 heterocycles. The van der Waals surface area contributed by atoms with E-state index in [-0.39, 0.29) is 5.56 Å². The molecule has 0 amide bonds. The fraction of sp³-hybridized carbons (Fsp3) is 0.263. The number of aromatic nitrogens is 1. The van der Waals surface area contributed by atoms with Crippen molar-refractivity contribution < 1.29 is 0 Å². The highest BCUT2D eigenvalue weighted by Crippen LogP contribution is 2.25. The molecule has 0 aliphatic heterocycles. The van der Waals surface area contributed by atoms with Gasteiger partial charge in [-0.25, -0.2) is 0 Å². The van der Waals surface area contributed by atoms with Crippen molar-refractivity contribution in [1.82, 2.24) is 4.98 Å². The Hall–Kier alpha value is -2.20. The van der Waals surface area contributed by atoms with Crippen LogP contribution in [-0.2, 0) is 6.54 Å². The van der Waals surface area contributed by atoms with Crippen LogP contribution < -0.4 is 10.5 Å². The van der Waals surface area contributed by atoms with Crippen molar-refractivity contribution in [2.75, 3.05) is 11.4 Å². The minimum absolute atomic E-state index is 0.139. The van der Waals surface area contributed by atoms with Gasteiger partial charge in [0.05, 0.1) is 5.39 Å². The molecule has 3 aromatic rings. The fourth-order valence-electron chi connectivity index (χ4n) is 2.64. The van der Waals surface area contributed by atoms with Gasteiger partial charge < -0.3 is 4.90 Å². The lowest BCUT2D eigenvalue weighted by molar-refractivity contribution is 0.759. The summed E-state index contributed by atoms with van der Waals surface area (Å²) in [4.78, 5) is 18.8. The molecule has 0 saturated heterocycles. The van der Waals surface area contributed by atoms with E-state index in [1.54, 1.807) is 11.3 Å². The first kappa shape index (κ1) is 15.7. The molecule has 4 heteroatoms. The minimum atomic E-state index is -0.139. The Kier molecular flexibility index (Phi) is 4.72. The monoisotopic (exact) mass is 324 g/mol. The maximum Gasteiger partial charge on any atom is 0.281 e. The zero-order valence-electron chi connectivity index (χ0n) is 13.5. The van der Waals surface area contributed by atoms with Gasteiger partial charge in [-0.15, -0.1) is 0 Å². The van der Waals surface area contributed by atoms with Crippen LogP contribution in [0.3, 0.4) is 0 Å². The van der Waals surface area contributed by atoms with E-state index in [0.29, 0.717) is 5.39 Å². The van der Waals surface area contributed by atoms with Crippen LogP contribution in [0.1, 0.15) is 24.5 Å². The Labute approximate surface area is 140 Å². The lowest BCUT2D eigenvalue weighted by Gasteiger charge is -2.23. The minimum Gasteiger partial charge on any atom is -0.344 e. The van der Waals surface area contributed by atoms with Crippen molar-refractivity contribution >= 4 is 26.6 Å². The molecule has 0 N–H and O–H groups in total. The summed E-state index contributed by atoms with van der Waals surface area (Å²) in [7, 11) is 0. The largest absolute Gasteiger partial charge is 0.344 e. The normalized spacial score (nSPS) is 10.9. The van der Waals surface area contributed by atoms with Gasteiger partial charge in [0, 0.05) is 17.8 Å². The molecule has 3 rings (SSSR count). The number of anilines is 1. The standard InChI is InChI=1S/C19H20N2OS/c1-3-12-21(13-15-9-5-4-8-14(15)2)19-20-18(22)16-10-6-7-11-17(16)23-19/h4-11H,3,12-13H2,1-2H3. The molecular formula is C19H20N2OS. The molecule has 2 aromatic carbocycles. The van der Waals surface area contributed by atoms with Gasteiger partial charge in [-0.1, -0.05) is 54.7 Å². The second-order valence-electron chi connectivity index (χ2n) is 5.65. The number of fused-ring (bicyclic) bond motifs is 1. The molecule has 0 fully saturated rings. The molecule has 0 radical (unpaired) electrons. The molecule has 0 unspecified atom stereocenters. The van der Waals surface area contributed by atoms with Crippen LogP contribution in [0.25, 0.3) is 10.1 Å². The van der Waals surface area contributed by atoms with Gasteiger partial charge in [-0.2, -0.15) is 4.98 Å². The number of rotatable bonds is 5. The van der Waals surface area contributed by atoms with E-state index in [0.717, 1.165) is 29.3 Å². The molecule has 0 saturated carbocycles. The van der Waals surface area contributed by atoms with E-state index in [4.69, 9.17) is 0 Å². The summed E-state index contributed by atoms with van der Waals surface area (Å²) >= 11 is 1.59. The maximum atomic E-state index is 12.3. The van der Waals surface area contributed by atoms with Gasteiger partial charge in [-0.3, -0.25) is 4.79 Å². The molecule has 0 aliphatic carbocycles. The highest BCUT2D eigenvalue weighted by atomic mass is 32.1. The predicted molar refractivity (Wildman–Crippen MR) is 98.4 cm³/mol. The van der Waals surface area contributed by atoms with Gasteiger partial charge >= 0.3 is 0 Å². The van der Waals surface area contributed by atoms with E-state index >= 15 is 0 Å². The van der Waals surface area contributed by atoms with Crippen LogP contribution in [0, 0.1) is 6.92 Å². The van der Waals surface area contributed by atoms with E-state index in [2.05, 4.69) is 48.0 Å². The van der Waals surface area contributed by atoms with Crippen LogP contribution in [0.2, 0.25) is 0 Å².